The number of halogens is 2. The first-order chi connectivity index (χ1) is 14.3. The molecule has 1 aromatic heterocycles. The van der Waals surface area contributed by atoms with E-state index in [9.17, 15) is 4.79 Å². The minimum absolute atomic E-state index is 0.268. The number of carbonyl (C=O) groups excluding carboxylic acids is 1. The lowest BCUT2D eigenvalue weighted by atomic mass is 10.1. The van der Waals surface area contributed by atoms with E-state index in [0.29, 0.717) is 33.4 Å². The predicted octanol–water partition coefficient (Wildman–Crippen LogP) is 6.55. The molecule has 4 rings (SSSR count). The molecule has 0 unspecified atom stereocenters. The third kappa shape index (κ3) is 4.44. The maximum atomic E-state index is 12.8. The summed E-state index contributed by atoms with van der Waals surface area (Å²) in [6.45, 7) is 3.45. The molecule has 152 valence electrons. The molecule has 0 fully saturated rings. The SMILES string of the molecule is CC(C)(Oc1ccccc1)C(=O)Nc1ccc2oc(-c3cc(I)ccc3Cl)nc2c1. The normalized spacial score (nSPS) is 11.5. The Bertz CT molecular complexity index is 1220. The van der Waals surface area contributed by atoms with Crippen molar-refractivity contribution in [3.63, 3.8) is 0 Å². The van der Waals surface area contributed by atoms with Crippen LogP contribution in [0.15, 0.2) is 71.1 Å². The fraction of sp³-hybridized carbons (Fsp3) is 0.130. The average Bonchev–Trinajstić information content (AvgIpc) is 3.13. The van der Waals surface area contributed by atoms with Crippen molar-refractivity contribution in [2.24, 2.45) is 0 Å². The van der Waals surface area contributed by atoms with Gasteiger partial charge in [0, 0.05) is 9.26 Å². The Morgan fingerprint density at radius 3 is 2.63 bits per heavy atom. The second-order valence-electron chi connectivity index (χ2n) is 7.21. The van der Waals surface area contributed by atoms with Crippen molar-refractivity contribution in [1.29, 1.82) is 0 Å². The van der Waals surface area contributed by atoms with Gasteiger partial charge >= 0.3 is 0 Å². The van der Waals surface area contributed by atoms with Crippen LogP contribution in [-0.2, 0) is 4.79 Å². The van der Waals surface area contributed by atoms with E-state index in [4.69, 9.17) is 20.8 Å². The van der Waals surface area contributed by atoms with E-state index in [-0.39, 0.29) is 5.91 Å². The Morgan fingerprint density at radius 2 is 1.87 bits per heavy atom. The number of hydrogen-bond acceptors (Lipinski definition) is 4. The lowest BCUT2D eigenvalue weighted by Gasteiger charge is -2.25. The monoisotopic (exact) mass is 532 g/mol. The molecule has 7 heteroatoms. The Morgan fingerprint density at radius 1 is 1.10 bits per heavy atom. The Hall–Kier alpha value is -2.58. The number of fused-ring (bicyclic) bond motifs is 1. The standard InChI is InChI=1S/C23H18ClIN2O3/c1-23(2,30-16-6-4-3-5-7-16)22(28)26-15-9-11-20-19(13-15)27-21(29-20)17-12-14(25)8-10-18(17)24/h3-13H,1-2H3,(H,26,28). The third-order valence-electron chi connectivity index (χ3n) is 4.47. The molecule has 0 saturated heterocycles. The van der Waals surface area contributed by atoms with Crippen LogP contribution in [0.1, 0.15) is 13.8 Å². The van der Waals surface area contributed by atoms with Crippen LogP contribution in [-0.4, -0.2) is 16.5 Å². The van der Waals surface area contributed by atoms with Crippen molar-refractivity contribution < 1.29 is 13.9 Å². The summed E-state index contributed by atoms with van der Waals surface area (Å²) in [5.74, 6) is 0.795. The molecule has 1 N–H and O–H groups in total. The first kappa shape index (κ1) is 20.7. The van der Waals surface area contributed by atoms with Crippen molar-refractivity contribution in [3.05, 3.63) is 75.3 Å². The molecule has 3 aromatic carbocycles. The highest BCUT2D eigenvalue weighted by molar-refractivity contribution is 14.1. The number of nitrogens with one attached hydrogen (secondary N) is 1. The summed E-state index contributed by atoms with van der Waals surface area (Å²) in [5, 5.41) is 3.46. The molecule has 0 radical (unpaired) electrons. The Balaban J connectivity index is 1.56. The lowest BCUT2D eigenvalue weighted by molar-refractivity contribution is -0.128. The van der Waals surface area contributed by atoms with Crippen LogP contribution in [0.25, 0.3) is 22.6 Å². The quantitative estimate of drug-likeness (QED) is 0.296. The fourth-order valence-corrected chi connectivity index (χ4v) is 3.58. The number of para-hydroxylation sites is 1. The number of hydrogen-bond donors (Lipinski definition) is 1. The zero-order chi connectivity index (χ0) is 21.3. The average molecular weight is 533 g/mol. The van der Waals surface area contributed by atoms with E-state index in [1.807, 2.05) is 48.5 Å². The largest absolute Gasteiger partial charge is 0.478 e. The number of amides is 1. The van der Waals surface area contributed by atoms with Crippen LogP contribution in [0.4, 0.5) is 5.69 Å². The number of oxazole rings is 1. The van der Waals surface area contributed by atoms with Gasteiger partial charge in [0.05, 0.1) is 10.6 Å². The molecule has 0 bridgehead atoms. The molecule has 4 aromatic rings. The molecule has 0 atom stereocenters. The fourth-order valence-electron chi connectivity index (χ4n) is 2.89. The first-order valence-electron chi connectivity index (χ1n) is 9.23. The van der Waals surface area contributed by atoms with Gasteiger partial charge in [0.1, 0.15) is 11.3 Å². The van der Waals surface area contributed by atoms with E-state index >= 15 is 0 Å². The number of rotatable bonds is 5. The van der Waals surface area contributed by atoms with Gasteiger partial charge in [-0.3, -0.25) is 4.79 Å². The van der Waals surface area contributed by atoms with Gasteiger partial charge in [-0.05, 0) is 85.0 Å². The summed E-state index contributed by atoms with van der Waals surface area (Å²) >= 11 is 8.51. The molecule has 1 amide bonds. The maximum absolute atomic E-state index is 12.8. The molecule has 30 heavy (non-hydrogen) atoms. The van der Waals surface area contributed by atoms with Crippen LogP contribution in [0.2, 0.25) is 5.02 Å². The second kappa shape index (κ2) is 8.28. The van der Waals surface area contributed by atoms with Crippen LogP contribution < -0.4 is 10.1 Å². The van der Waals surface area contributed by atoms with Gasteiger partial charge in [0.2, 0.25) is 5.89 Å². The third-order valence-corrected chi connectivity index (χ3v) is 5.47. The number of ether oxygens (including phenoxy) is 1. The number of carbonyl (C=O) groups is 1. The van der Waals surface area contributed by atoms with Gasteiger partial charge in [-0.15, -0.1) is 0 Å². The van der Waals surface area contributed by atoms with Gasteiger partial charge in [0.15, 0.2) is 11.2 Å². The topological polar surface area (TPSA) is 64.4 Å². The summed E-state index contributed by atoms with van der Waals surface area (Å²) in [6.07, 6.45) is 0. The zero-order valence-corrected chi connectivity index (χ0v) is 19.2. The first-order valence-corrected chi connectivity index (χ1v) is 10.7. The molecular formula is C23H18ClIN2O3. The maximum Gasteiger partial charge on any atom is 0.267 e. The van der Waals surface area contributed by atoms with E-state index in [1.54, 1.807) is 32.0 Å². The lowest BCUT2D eigenvalue weighted by Crippen LogP contribution is -2.42. The highest BCUT2D eigenvalue weighted by Gasteiger charge is 2.30. The highest BCUT2D eigenvalue weighted by atomic mass is 127. The van der Waals surface area contributed by atoms with Crippen LogP contribution in [0.3, 0.4) is 0 Å². The van der Waals surface area contributed by atoms with Crippen LogP contribution in [0.5, 0.6) is 5.75 Å². The molecule has 1 heterocycles. The molecule has 0 aliphatic carbocycles. The van der Waals surface area contributed by atoms with Gasteiger partial charge in [-0.2, -0.15) is 0 Å². The number of aromatic nitrogens is 1. The van der Waals surface area contributed by atoms with E-state index in [2.05, 4.69) is 32.9 Å². The van der Waals surface area contributed by atoms with E-state index in [0.717, 1.165) is 9.13 Å². The zero-order valence-electron chi connectivity index (χ0n) is 16.3. The number of benzene rings is 3. The van der Waals surface area contributed by atoms with Gasteiger partial charge in [-0.1, -0.05) is 29.8 Å². The minimum atomic E-state index is -1.06. The smallest absolute Gasteiger partial charge is 0.267 e. The van der Waals surface area contributed by atoms with Gasteiger partial charge < -0.3 is 14.5 Å². The van der Waals surface area contributed by atoms with E-state index < -0.39 is 5.60 Å². The summed E-state index contributed by atoms with van der Waals surface area (Å²) < 4.78 is 12.7. The molecule has 5 nitrogen and oxygen atoms in total. The molecule has 0 spiro atoms. The molecular weight excluding hydrogens is 515 g/mol. The molecule has 0 saturated carbocycles. The van der Waals surface area contributed by atoms with Crippen molar-refractivity contribution in [2.45, 2.75) is 19.4 Å². The Labute approximate surface area is 192 Å². The van der Waals surface area contributed by atoms with Gasteiger partial charge in [-0.25, -0.2) is 4.98 Å². The summed E-state index contributed by atoms with van der Waals surface area (Å²) in [7, 11) is 0. The van der Waals surface area contributed by atoms with Crippen molar-refractivity contribution >= 4 is 56.9 Å². The highest BCUT2D eigenvalue weighted by Crippen LogP contribution is 2.32. The van der Waals surface area contributed by atoms with Crippen molar-refractivity contribution in [1.82, 2.24) is 4.98 Å². The van der Waals surface area contributed by atoms with E-state index in [1.165, 1.54) is 0 Å². The van der Waals surface area contributed by atoms with Gasteiger partial charge in [0.25, 0.3) is 5.91 Å². The summed E-state index contributed by atoms with van der Waals surface area (Å²) in [5.41, 5.74) is 1.50. The van der Waals surface area contributed by atoms with Crippen LogP contribution >= 0.6 is 34.2 Å². The number of anilines is 1. The molecule has 0 aliphatic rings. The second-order valence-corrected chi connectivity index (χ2v) is 8.86. The minimum Gasteiger partial charge on any atom is -0.478 e. The Kier molecular flexibility index (Phi) is 5.71. The summed E-state index contributed by atoms with van der Waals surface area (Å²) in [6, 6.07) is 20.2. The van der Waals surface area contributed by atoms with Crippen molar-refractivity contribution in [3.8, 4) is 17.2 Å². The van der Waals surface area contributed by atoms with Crippen molar-refractivity contribution in [2.75, 3.05) is 5.32 Å². The predicted molar refractivity (Wildman–Crippen MR) is 127 cm³/mol. The molecule has 0 aliphatic heterocycles. The summed E-state index contributed by atoms with van der Waals surface area (Å²) in [4.78, 5) is 17.3. The van der Waals surface area contributed by atoms with Crippen LogP contribution in [0, 0.1) is 3.57 Å². The number of nitrogens with zero attached hydrogens (tertiary/aromatic N) is 1.